The second-order valence-electron chi connectivity index (χ2n) is 4.47. The summed E-state index contributed by atoms with van der Waals surface area (Å²) in [7, 11) is 0. The lowest BCUT2D eigenvalue weighted by atomic mass is 9.85. The van der Waals surface area contributed by atoms with Gasteiger partial charge in [-0.2, -0.15) is 5.26 Å². The predicted molar refractivity (Wildman–Crippen MR) is 65.3 cm³/mol. The summed E-state index contributed by atoms with van der Waals surface area (Å²) in [6, 6.07) is 11.5. The zero-order valence-electron chi connectivity index (χ0n) is 9.73. The molecule has 1 N–H and O–H groups in total. The highest BCUT2D eigenvalue weighted by atomic mass is 16.1. The minimum Gasteiger partial charge on any atom is -0.348 e. The third-order valence-corrected chi connectivity index (χ3v) is 3.28. The standard InChI is InChI=1S/C14H16N2O/c15-10-12-8-4-5-9-13(12)16-14(17)11-6-2-1-3-7-11/h1-3,6-7,12-13H,4-5,8-9H2,(H,16,17)/t12-,13+/m1/s1. The topological polar surface area (TPSA) is 52.9 Å². The van der Waals surface area contributed by atoms with Gasteiger partial charge in [0.1, 0.15) is 0 Å². The zero-order valence-corrected chi connectivity index (χ0v) is 9.73. The summed E-state index contributed by atoms with van der Waals surface area (Å²) in [4.78, 5) is 12.0. The number of nitriles is 1. The highest BCUT2D eigenvalue weighted by Gasteiger charge is 2.26. The summed E-state index contributed by atoms with van der Waals surface area (Å²) in [6.07, 6.45) is 4.00. The number of benzene rings is 1. The number of rotatable bonds is 2. The molecule has 0 aromatic heterocycles. The van der Waals surface area contributed by atoms with Crippen LogP contribution in [0.4, 0.5) is 0 Å². The van der Waals surface area contributed by atoms with Crippen molar-refractivity contribution in [3.05, 3.63) is 35.9 Å². The molecule has 1 fully saturated rings. The van der Waals surface area contributed by atoms with Gasteiger partial charge in [0.15, 0.2) is 0 Å². The first-order chi connectivity index (χ1) is 8.31. The number of hydrogen-bond acceptors (Lipinski definition) is 2. The lowest BCUT2D eigenvalue weighted by molar-refractivity contribution is 0.0917. The number of carbonyl (C=O) groups is 1. The van der Waals surface area contributed by atoms with Crippen molar-refractivity contribution in [2.75, 3.05) is 0 Å². The molecular weight excluding hydrogens is 212 g/mol. The average Bonchev–Trinajstić information content (AvgIpc) is 2.40. The number of hydrogen-bond donors (Lipinski definition) is 1. The lowest BCUT2D eigenvalue weighted by Gasteiger charge is -2.27. The molecule has 2 atom stereocenters. The van der Waals surface area contributed by atoms with Crippen molar-refractivity contribution in [3.63, 3.8) is 0 Å². The average molecular weight is 228 g/mol. The summed E-state index contributed by atoms with van der Waals surface area (Å²) in [5.74, 6) is -0.103. The molecule has 0 spiro atoms. The Kier molecular flexibility index (Phi) is 3.77. The molecule has 0 saturated heterocycles. The van der Waals surface area contributed by atoms with E-state index in [9.17, 15) is 4.79 Å². The molecule has 1 saturated carbocycles. The Morgan fingerprint density at radius 1 is 1.24 bits per heavy atom. The van der Waals surface area contributed by atoms with Crippen molar-refractivity contribution >= 4 is 5.91 Å². The molecule has 1 amide bonds. The Bertz CT molecular complexity index is 422. The van der Waals surface area contributed by atoms with Gasteiger partial charge in [-0.25, -0.2) is 0 Å². The summed E-state index contributed by atoms with van der Waals surface area (Å²) in [6.45, 7) is 0. The van der Waals surface area contributed by atoms with E-state index in [1.54, 1.807) is 12.1 Å². The van der Waals surface area contributed by atoms with Crippen LogP contribution in [0, 0.1) is 17.2 Å². The van der Waals surface area contributed by atoms with Gasteiger partial charge >= 0.3 is 0 Å². The quantitative estimate of drug-likeness (QED) is 0.845. The van der Waals surface area contributed by atoms with Gasteiger partial charge in [0.05, 0.1) is 12.0 Å². The summed E-state index contributed by atoms with van der Waals surface area (Å²) in [5.41, 5.74) is 0.662. The van der Waals surface area contributed by atoms with Crippen LogP contribution >= 0.6 is 0 Å². The number of nitrogens with zero attached hydrogens (tertiary/aromatic N) is 1. The normalized spacial score (nSPS) is 23.7. The first kappa shape index (κ1) is 11.7. The van der Waals surface area contributed by atoms with E-state index in [1.807, 2.05) is 18.2 Å². The molecule has 3 nitrogen and oxygen atoms in total. The largest absolute Gasteiger partial charge is 0.348 e. The number of amides is 1. The molecule has 0 unspecified atom stereocenters. The first-order valence-electron chi connectivity index (χ1n) is 6.07. The molecule has 88 valence electrons. The van der Waals surface area contributed by atoms with Crippen molar-refractivity contribution in [1.29, 1.82) is 5.26 Å². The number of carbonyl (C=O) groups excluding carboxylic acids is 1. The second kappa shape index (κ2) is 5.49. The molecule has 3 heteroatoms. The van der Waals surface area contributed by atoms with Crippen molar-refractivity contribution in [1.82, 2.24) is 5.32 Å². The maximum atomic E-state index is 12.0. The SMILES string of the molecule is N#C[C@H]1CCCC[C@@H]1NC(=O)c1ccccc1. The molecule has 1 aromatic rings. The lowest BCUT2D eigenvalue weighted by Crippen LogP contribution is -2.41. The fraction of sp³-hybridized carbons (Fsp3) is 0.429. The summed E-state index contributed by atoms with van der Waals surface area (Å²) >= 11 is 0. The van der Waals surface area contributed by atoms with Crippen molar-refractivity contribution < 1.29 is 4.79 Å². The molecular formula is C14H16N2O. The van der Waals surface area contributed by atoms with Crippen molar-refractivity contribution in [3.8, 4) is 6.07 Å². The molecule has 17 heavy (non-hydrogen) atoms. The maximum absolute atomic E-state index is 12.0. The smallest absolute Gasteiger partial charge is 0.251 e. The van der Waals surface area contributed by atoms with Crippen LogP contribution in [0.1, 0.15) is 36.0 Å². The van der Waals surface area contributed by atoms with Crippen LogP contribution < -0.4 is 5.32 Å². The van der Waals surface area contributed by atoms with E-state index in [2.05, 4.69) is 11.4 Å². The molecule has 0 aliphatic heterocycles. The van der Waals surface area contributed by atoms with Crippen LogP contribution in [-0.4, -0.2) is 11.9 Å². The van der Waals surface area contributed by atoms with Gasteiger partial charge in [0, 0.05) is 11.6 Å². The summed E-state index contributed by atoms with van der Waals surface area (Å²) < 4.78 is 0. The van der Waals surface area contributed by atoms with E-state index in [0.29, 0.717) is 5.56 Å². The Hall–Kier alpha value is -1.82. The van der Waals surface area contributed by atoms with Crippen LogP contribution in [0.25, 0.3) is 0 Å². The molecule has 0 bridgehead atoms. The van der Waals surface area contributed by atoms with Crippen LogP contribution in [0.15, 0.2) is 30.3 Å². The van der Waals surface area contributed by atoms with Crippen LogP contribution in [0.2, 0.25) is 0 Å². The molecule has 1 aliphatic carbocycles. The molecule has 1 aromatic carbocycles. The van der Waals surface area contributed by atoms with Crippen molar-refractivity contribution in [2.24, 2.45) is 5.92 Å². The highest BCUT2D eigenvalue weighted by molar-refractivity contribution is 5.94. The Morgan fingerprint density at radius 2 is 1.94 bits per heavy atom. The van der Waals surface area contributed by atoms with Gasteiger partial charge in [-0.3, -0.25) is 4.79 Å². The number of nitrogens with one attached hydrogen (secondary N) is 1. The van der Waals surface area contributed by atoms with E-state index >= 15 is 0 Å². The molecule has 2 rings (SSSR count). The fourth-order valence-corrected chi connectivity index (χ4v) is 2.30. The Balaban J connectivity index is 2.01. The minimum absolute atomic E-state index is 0.0152. The predicted octanol–water partition coefficient (Wildman–Crippen LogP) is 2.50. The first-order valence-corrected chi connectivity index (χ1v) is 6.07. The van der Waals surface area contributed by atoms with Crippen LogP contribution in [0.5, 0.6) is 0 Å². The van der Waals surface area contributed by atoms with E-state index in [0.717, 1.165) is 25.7 Å². The van der Waals surface area contributed by atoms with Gasteiger partial charge in [0.2, 0.25) is 0 Å². The van der Waals surface area contributed by atoms with Crippen LogP contribution in [-0.2, 0) is 0 Å². The van der Waals surface area contributed by atoms with E-state index in [1.165, 1.54) is 0 Å². The fourth-order valence-electron chi connectivity index (χ4n) is 2.30. The van der Waals surface area contributed by atoms with Gasteiger partial charge < -0.3 is 5.32 Å². The van der Waals surface area contributed by atoms with E-state index < -0.39 is 0 Å². The van der Waals surface area contributed by atoms with E-state index in [4.69, 9.17) is 5.26 Å². The highest BCUT2D eigenvalue weighted by Crippen LogP contribution is 2.23. The molecule has 0 heterocycles. The van der Waals surface area contributed by atoms with Crippen molar-refractivity contribution in [2.45, 2.75) is 31.7 Å². The molecule has 0 radical (unpaired) electrons. The Labute approximate surface area is 101 Å². The van der Waals surface area contributed by atoms with Gasteiger partial charge in [-0.15, -0.1) is 0 Å². The Morgan fingerprint density at radius 3 is 2.65 bits per heavy atom. The second-order valence-corrected chi connectivity index (χ2v) is 4.47. The third kappa shape index (κ3) is 2.85. The van der Waals surface area contributed by atoms with Crippen LogP contribution in [0.3, 0.4) is 0 Å². The van der Waals surface area contributed by atoms with Gasteiger partial charge in [0.25, 0.3) is 5.91 Å². The maximum Gasteiger partial charge on any atom is 0.251 e. The van der Waals surface area contributed by atoms with E-state index in [-0.39, 0.29) is 17.9 Å². The molecule has 1 aliphatic rings. The van der Waals surface area contributed by atoms with Gasteiger partial charge in [-0.1, -0.05) is 31.0 Å². The minimum atomic E-state index is -0.0715. The monoisotopic (exact) mass is 228 g/mol. The van der Waals surface area contributed by atoms with Gasteiger partial charge in [-0.05, 0) is 25.0 Å². The summed E-state index contributed by atoms with van der Waals surface area (Å²) in [5, 5.41) is 12.0. The zero-order chi connectivity index (χ0) is 12.1. The third-order valence-electron chi connectivity index (χ3n) is 3.28.